The average Bonchev–Trinajstić information content (AvgIpc) is 3.73. The Morgan fingerprint density at radius 3 is 2.42 bits per heavy atom. The smallest absolute Gasteiger partial charge is 0.378 e. The number of aryl methyl sites for hydroxylation is 3. The molecule has 2 fully saturated rings. The van der Waals surface area contributed by atoms with Crippen molar-refractivity contribution in [2.24, 2.45) is 7.05 Å². The molecule has 1 aliphatic carbocycles. The van der Waals surface area contributed by atoms with E-state index in [0.717, 1.165) is 40.9 Å². The number of benzene rings is 3. The third-order valence-corrected chi connectivity index (χ3v) is 13.1. The molecular formula is C45H43F2N11O4. The summed E-state index contributed by atoms with van der Waals surface area (Å²) in [5, 5.41) is 14.8. The predicted octanol–water partition coefficient (Wildman–Crippen LogP) is 6.58. The highest BCUT2D eigenvalue weighted by molar-refractivity contribution is 6.00. The van der Waals surface area contributed by atoms with Crippen molar-refractivity contribution in [2.45, 2.75) is 58.5 Å². The number of fused-ring (bicyclic) bond motifs is 3. The number of carbonyl (C=O) groups excluding carboxylic acids is 1. The number of ether oxygens (including phenoxy) is 1. The third kappa shape index (κ3) is 5.63. The number of rotatable bonds is 7. The molecule has 11 rings (SSSR count). The molecule has 0 spiro atoms. The van der Waals surface area contributed by atoms with E-state index in [2.05, 4.69) is 32.3 Å². The fourth-order valence-electron chi connectivity index (χ4n) is 9.77. The number of halogens is 2. The highest BCUT2D eigenvalue weighted by Gasteiger charge is 2.52. The van der Waals surface area contributed by atoms with E-state index in [0.29, 0.717) is 101 Å². The lowest BCUT2D eigenvalue weighted by Crippen LogP contribution is -2.40. The molecule has 0 radical (unpaired) electrons. The van der Waals surface area contributed by atoms with Gasteiger partial charge in [-0.25, -0.2) is 23.2 Å². The van der Waals surface area contributed by atoms with Crippen molar-refractivity contribution in [3.05, 3.63) is 123 Å². The van der Waals surface area contributed by atoms with Crippen molar-refractivity contribution in [1.29, 1.82) is 0 Å². The van der Waals surface area contributed by atoms with E-state index < -0.39 is 23.2 Å². The number of nitrogens with one attached hydrogen (secondary N) is 1. The zero-order valence-corrected chi connectivity index (χ0v) is 34.9. The number of carbonyl (C=O) groups is 1. The molecule has 1 amide bonds. The Morgan fingerprint density at radius 1 is 0.935 bits per heavy atom. The Hall–Kier alpha value is -6.88. The largest absolute Gasteiger partial charge is 0.438 e. The number of hydrogen-bond acceptors (Lipinski definition) is 9. The molecule has 0 unspecified atom stereocenters. The first-order chi connectivity index (χ1) is 29.9. The Labute approximate surface area is 353 Å². The Balaban J connectivity index is 1.06. The first-order valence-corrected chi connectivity index (χ1v) is 20.8. The molecule has 17 heteroatoms. The summed E-state index contributed by atoms with van der Waals surface area (Å²) in [5.74, 6) is -1.21. The summed E-state index contributed by atoms with van der Waals surface area (Å²) in [7, 11) is 1.77. The summed E-state index contributed by atoms with van der Waals surface area (Å²) in [6.07, 6.45) is 4.83. The maximum Gasteiger partial charge on any atom is 0.438 e. The minimum Gasteiger partial charge on any atom is -0.378 e. The van der Waals surface area contributed by atoms with Crippen LogP contribution in [0.15, 0.2) is 70.4 Å². The van der Waals surface area contributed by atoms with Crippen LogP contribution in [0.1, 0.15) is 70.2 Å². The van der Waals surface area contributed by atoms with E-state index >= 15 is 13.6 Å². The second-order valence-electron chi connectivity index (χ2n) is 16.8. The molecule has 1 saturated carbocycles. The summed E-state index contributed by atoms with van der Waals surface area (Å²) in [5.41, 5.74) is 7.48. The zero-order valence-electron chi connectivity index (χ0n) is 34.9. The topological polar surface area (TPSA) is 150 Å². The summed E-state index contributed by atoms with van der Waals surface area (Å²) in [4.78, 5) is 39.5. The second-order valence-corrected chi connectivity index (χ2v) is 16.8. The fourth-order valence-corrected chi connectivity index (χ4v) is 9.77. The number of amides is 1. The standard InChI is InChI=1S/C45H43F2N11O4/c1-24-18-30(19-25(2)38(24)46)58-41(40-27(4)56(23-48-40)35-9-8-34-31(39(35)47)22-49-53(34)5)37-26(3)55(13-10-32(37)51-58)42(59)36-21-28-20-29(54-14-16-61-17-15-54)6-7-33(28)57(36)45(11-12-45)43-50-44(60)62-52-43/h6-9,18-23,26H,10-17H2,1-5H3,(H,50,52,60)/t26-/m0/s1. The van der Waals surface area contributed by atoms with Crippen LogP contribution in [0.3, 0.4) is 0 Å². The normalized spacial score (nSPS) is 17.4. The first-order valence-electron chi connectivity index (χ1n) is 20.8. The van der Waals surface area contributed by atoms with Crippen LogP contribution >= 0.6 is 0 Å². The van der Waals surface area contributed by atoms with Crippen LogP contribution in [0.4, 0.5) is 14.5 Å². The maximum atomic E-state index is 16.2. The van der Waals surface area contributed by atoms with E-state index in [4.69, 9.17) is 19.3 Å². The Kier molecular flexibility index (Phi) is 8.49. The SMILES string of the molecule is Cc1cc(-n2nc3c(c2-c2ncn(-c4ccc5c(cnn5C)c4F)c2C)[C@H](C)N(C(=O)c2cc4cc(N5CCOCC5)ccc4n2C2(c4noc(=O)[nH]4)CC2)CC3)cc(C)c1F. The molecule has 1 saturated heterocycles. The van der Waals surface area contributed by atoms with Crippen molar-refractivity contribution in [1.82, 2.24) is 48.7 Å². The van der Waals surface area contributed by atoms with Crippen LogP contribution in [0.25, 0.3) is 44.6 Å². The van der Waals surface area contributed by atoms with Crippen LogP contribution in [-0.2, 0) is 23.7 Å². The molecule has 15 nitrogen and oxygen atoms in total. The van der Waals surface area contributed by atoms with Gasteiger partial charge >= 0.3 is 5.76 Å². The molecule has 0 bridgehead atoms. The number of hydrogen-bond donors (Lipinski definition) is 1. The highest BCUT2D eigenvalue weighted by Crippen LogP contribution is 2.51. The molecule has 2 aliphatic heterocycles. The molecule has 7 heterocycles. The number of anilines is 1. The van der Waals surface area contributed by atoms with Crippen LogP contribution in [0.2, 0.25) is 0 Å². The molecule has 5 aromatic heterocycles. The lowest BCUT2D eigenvalue weighted by molar-refractivity contribution is 0.0664. The zero-order chi connectivity index (χ0) is 42.8. The number of imidazole rings is 1. The molecule has 1 atom stereocenters. The van der Waals surface area contributed by atoms with Crippen molar-refractivity contribution < 1.29 is 22.8 Å². The van der Waals surface area contributed by atoms with Gasteiger partial charge in [-0.1, -0.05) is 5.16 Å². The Bertz CT molecular complexity index is 3170. The van der Waals surface area contributed by atoms with E-state index in [1.54, 1.807) is 59.4 Å². The molecule has 3 aromatic carbocycles. The maximum absolute atomic E-state index is 16.2. The highest BCUT2D eigenvalue weighted by atomic mass is 19.1. The van der Waals surface area contributed by atoms with Gasteiger partial charge in [0.1, 0.15) is 29.1 Å². The number of aromatic nitrogens is 9. The van der Waals surface area contributed by atoms with Crippen molar-refractivity contribution >= 4 is 33.4 Å². The summed E-state index contributed by atoms with van der Waals surface area (Å²) in [6.45, 7) is 10.5. The van der Waals surface area contributed by atoms with Gasteiger partial charge < -0.3 is 19.1 Å². The summed E-state index contributed by atoms with van der Waals surface area (Å²) < 4.78 is 49.1. The summed E-state index contributed by atoms with van der Waals surface area (Å²) in [6, 6.07) is 14.7. The number of aromatic amines is 1. The van der Waals surface area contributed by atoms with Gasteiger partial charge in [0.25, 0.3) is 5.91 Å². The van der Waals surface area contributed by atoms with Gasteiger partial charge in [0.15, 0.2) is 11.6 Å². The molecule has 1 N–H and O–H groups in total. The molecular weight excluding hydrogens is 797 g/mol. The quantitative estimate of drug-likeness (QED) is 0.188. The van der Waals surface area contributed by atoms with Crippen molar-refractivity contribution in [3.63, 3.8) is 0 Å². The van der Waals surface area contributed by atoms with Gasteiger partial charge in [-0.05, 0) is 100 Å². The monoisotopic (exact) mass is 839 g/mol. The van der Waals surface area contributed by atoms with Gasteiger partial charge in [-0.2, -0.15) is 10.2 Å². The van der Waals surface area contributed by atoms with Crippen LogP contribution in [-0.4, -0.2) is 87.5 Å². The first kappa shape index (κ1) is 38.1. The minimum atomic E-state index is -0.782. The van der Waals surface area contributed by atoms with Crippen LogP contribution in [0, 0.1) is 32.4 Å². The van der Waals surface area contributed by atoms with Gasteiger partial charge in [-0.15, -0.1) is 0 Å². The third-order valence-electron chi connectivity index (χ3n) is 13.1. The lowest BCUT2D eigenvalue weighted by Gasteiger charge is -2.34. The Morgan fingerprint density at radius 2 is 1.69 bits per heavy atom. The van der Waals surface area contributed by atoms with E-state index in [-0.39, 0.29) is 11.7 Å². The second kappa shape index (κ2) is 13.8. The van der Waals surface area contributed by atoms with Gasteiger partial charge in [0.05, 0.1) is 59.1 Å². The molecule has 8 aromatic rings. The molecule has 316 valence electrons. The minimum absolute atomic E-state index is 0.203. The van der Waals surface area contributed by atoms with E-state index in [1.807, 2.05) is 41.5 Å². The van der Waals surface area contributed by atoms with Gasteiger partial charge in [-0.3, -0.25) is 23.6 Å². The number of morpholine rings is 1. The number of H-pyrrole nitrogens is 1. The lowest BCUT2D eigenvalue weighted by atomic mass is 9.95. The van der Waals surface area contributed by atoms with Gasteiger partial charge in [0.2, 0.25) is 0 Å². The number of nitrogens with zero attached hydrogens (tertiary/aromatic N) is 10. The van der Waals surface area contributed by atoms with Crippen molar-refractivity contribution in [2.75, 3.05) is 37.7 Å². The van der Waals surface area contributed by atoms with Crippen LogP contribution in [0.5, 0.6) is 0 Å². The van der Waals surface area contributed by atoms with Gasteiger partial charge in [0, 0.05) is 61.0 Å². The van der Waals surface area contributed by atoms with Crippen LogP contribution < -0.4 is 10.7 Å². The predicted molar refractivity (Wildman–Crippen MR) is 226 cm³/mol. The van der Waals surface area contributed by atoms with E-state index in [1.165, 1.54) is 6.20 Å². The molecule has 3 aliphatic rings. The molecule has 62 heavy (non-hydrogen) atoms. The fraction of sp³-hybridized carbons (Fsp3) is 0.333. The summed E-state index contributed by atoms with van der Waals surface area (Å²) >= 11 is 0. The van der Waals surface area contributed by atoms with Crippen molar-refractivity contribution in [3.8, 4) is 22.8 Å². The average molecular weight is 840 g/mol. The van der Waals surface area contributed by atoms with E-state index in [9.17, 15) is 4.79 Å².